The number of nitrogens with one attached hydrogen (secondary N) is 2. The molecule has 1 saturated heterocycles. The first-order valence-corrected chi connectivity index (χ1v) is 10.7. The number of carbonyl (C=O) groups is 2. The Morgan fingerprint density at radius 1 is 1.06 bits per heavy atom. The highest BCUT2D eigenvalue weighted by molar-refractivity contribution is 7.22. The van der Waals surface area contributed by atoms with Crippen molar-refractivity contribution in [3.63, 3.8) is 0 Å². The predicted molar refractivity (Wildman–Crippen MR) is 120 cm³/mol. The van der Waals surface area contributed by atoms with E-state index in [0.717, 1.165) is 21.6 Å². The maximum absolute atomic E-state index is 12.7. The number of aromatic nitrogens is 2. The third-order valence-electron chi connectivity index (χ3n) is 5.03. The van der Waals surface area contributed by atoms with Crippen molar-refractivity contribution in [1.29, 1.82) is 0 Å². The Morgan fingerprint density at radius 3 is 2.55 bits per heavy atom. The molecule has 0 atom stereocenters. The average Bonchev–Trinajstić information content (AvgIpc) is 3.33. The number of fused-ring (bicyclic) bond motifs is 1. The molecule has 3 heterocycles. The number of nitrogens with zero attached hydrogens (tertiary/aromatic N) is 2. The maximum atomic E-state index is 12.7. The molecule has 0 bridgehead atoms. The van der Waals surface area contributed by atoms with Crippen LogP contribution < -0.4 is 10.9 Å². The van der Waals surface area contributed by atoms with Crippen LogP contribution in [0.5, 0.6) is 0 Å². The summed E-state index contributed by atoms with van der Waals surface area (Å²) in [5.74, 6) is 0.194. The second kappa shape index (κ2) is 7.64. The van der Waals surface area contributed by atoms with Crippen molar-refractivity contribution in [3.8, 4) is 21.8 Å². The Labute approximate surface area is 185 Å². The van der Waals surface area contributed by atoms with E-state index < -0.39 is 6.03 Å². The number of H-pyrrole nitrogens is 1. The molecule has 2 aromatic carbocycles. The molecule has 154 valence electrons. The maximum Gasteiger partial charge on any atom is 0.324 e. The highest BCUT2D eigenvalue weighted by Gasteiger charge is 2.28. The first-order valence-electron chi connectivity index (χ1n) is 9.46. The zero-order valence-electron chi connectivity index (χ0n) is 16.0. The molecule has 0 aliphatic carbocycles. The summed E-state index contributed by atoms with van der Waals surface area (Å²) in [5.41, 5.74) is 2.77. The summed E-state index contributed by atoms with van der Waals surface area (Å²) in [6, 6.07) is 16.2. The molecule has 0 unspecified atom stereocenters. The minimum Gasteiger partial charge on any atom is -0.329 e. The smallest absolute Gasteiger partial charge is 0.324 e. The van der Waals surface area contributed by atoms with Gasteiger partial charge in [0, 0.05) is 21.0 Å². The second-order valence-corrected chi connectivity index (χ2v) is 8.51. The summed E-state index contributed by atoms with van der Waals surface area (Å²) in [7, 11) is 0. The molecule has 9 heteroatoms. The van der Waals surface area contributed by atoms with Crippen LogP contribution in [0.3, 0.4) is 0 Å². The molecule has 0 spiro atoms. The van der Waals surface area contributed by atoms with E-state index in [1.807, 2.05) is 30.3 Å². The zero-order chi connectivity index (χ0) is 21.5. The molecule has 5 rings (SSSR count). The summed E-state index contributed by atoms with van der Waals surface area (Å²) in [5, 5.41) is 3.11. The van der Waals surface area contributed by atoms with E-state index in [0.29, 0.717) is 21.1 Å². The minimum absolute atomic E-state index is 0.0267. The number of hydrogen-bond acceptors (Lipinski definition) is 5. The fourth-order valence-electron chi connectivity index (χ4n) is 3.44. The van der Waals surface area contributed by atoms with Gasteiger partial charge in [-0.05, 0) is 17.7 Å². The minimum atomic E-state index is -0.391. The number of halogens is 1. The SMILES string of the molecule is O=C1CNC(=O)N1Cc1ccc(-c2nc3cc(-c4ccccc4Cl)sc3c(=O)[nH]2)cc1. The van der Waals surface area contributed by atoms with Crippen LogP contribution in [0, 0.1) is 0 Å². The van der Waals surface area contributed by atoms with E-state index in [2.05, 4.69) is 15.3 Å². The molecule has 2 N–H and O–H groups in total. The number of amides is 3. The van der Waals surface area contributed by atoms with Gasteiger partial charge in [-0.25, -0.2) is 9.78 Å². The van der Waals surface area contributed by atoms with E-state index in [1.54, 1.807) is 24.3 Å². The van der Waals surface area contributed by atoms with Crippen molar-refractivity contribution in [2.75, 3.05) is 6.54 Å². The van der Waals surface area contributed by atoms with Gasteiger partial charge in [0.15, 0.2) is 0 Å². The number of rotatable bonds is 4. The number of hydrogen-bond donors (Lipinski definition) is 2. The highest BCUT2D eigenvalue weighted by Crippen LogP contribution is 2.35. The predicted octanol–water partition coefficient (Wildman–Crippen LogP) is 4.02. The summed E-state index contributed by atoms with van der Waals surface area (Å²) in [6.45, 7) is 0.221. The molecule has 0 saturated carbocycles. The van der Waals surface area contributed by atoms with Gasteiger partial charge >= 0.3 is 6.03 Å². The van der Waals surface area contributed by atoms with E-state index in [4.69, 9.17) is 11.6 Å². The van der Waals surface area contributed by atoms with Gasteiger partial charge in [0.2, 0.25) is 5.91 Å². The molecule has 1 aliphatic heterocycles. The molecule has 1 aliphatic rings. The van der Waals surface area contributed by atoms with Crippen LogP contribution in [0.1, 0.15) is 5.56 Å². The van der Waals surface area contributed by atoms with E-state index in [-0.39, 0.29) is 24.6 Å². The topological polar surface area (TPSA) is 95.2 Å². The van der Waals surface area contributed by atoms with Crippen molar-refractivity contribution in [2.24, 2.45) is 0 Å². The zero-order valence-corrected chi connectivity index (χ0v) is 17.6. The normalized spacial score (nSPS) is 13.8. The second-order valence-electron chi connectivity index (χ2n) is 7.05. The quantitative estimate of drug-likeness (QED) is 0.459. The van der Waals surface area contributed by atoms with E-state index in [9.17, 15) is 14.4 Å². The number of benzene rings is 2. The Kier molecular flexibility index (Phi) is 4.80. The standard InChI is InChI=1S/C22H15ClN4O3S/c23-15-4-2-1-3-14(15)17-9-16-19(31-17)21(29)26-20(25-16)13-7-5-12(6-8-13)11-27-18(28)10-24-22(27)30/h1-9H,10-11H2,(H,24,30)(H,25,26,29). The molecular weight excluding hydrogens is 436 g/mol. The first-order chi connectivity index (χ1) is 15.0. The molecule has 4 aromatic rings. The van der Waals surface area contributed by atoms with Crippen LogP contribution >= 0.6 is 22.9 Å². The summed E-state index contributed by atoms with van der Waals surface area (Å²) in [4.78, 5) is 45.6. The molecule has 3 amide bonds. The van der Waals surface area contributed by atoms with Crippen molar-refractivity contribution >= 4 is 45.1 Å². The molecular formula is C22H15ClN4O3S. The summed E-state index contributed by atoms with van der Waals surface area (Å²) < 4.78 is 0.536. The van der Waals surface area contributed by atoms with Crippen LogP contribution in [-0.2, 0) is 11.3 Å². The Balaban J connectivity index is 1.46. The van der Waals surface area contributed by atoms with Crippen molar-refractivity contribution < 1.29 is 9.59 Å². The van der Waals surface area contributed by atoms with Crippen LogP contribution in [0.15, 0.2) is 59.4 Å². The highest BCUT2D eigenvalue weighted by atomic mass is 35.5. The molecule has 7 nitrogen and oxygen atoms in total. The van der Waals surface area contributed by atoms with Crippen LogP contribution in [0.4, 0.5) is 4.79 Å². The van der Waals surface area contributed by atoms with Gasteiger partial charge in [0.25, 0.3) is 5.56 Å². The van der Waals surface area contributed by atoms with Gasteiger partial charge in [-0.1, -0.05) is 54.1 Å². The number of urea groups is 1. The third-order valence-corrected chi connectivity index (χ3v) is 6.51. The fourth-order valence-corrected chi connectivity index (χ4v) is 4.76. The Morgan fingerprint density at radius 2 is 1.84 bits per heavy atom. The lowest BCUT2D eigenvalue weighted by Gasteiger charge is -2.12. The van der Waals surface area contributed by atoms with Gasteiger partial charge in [-0.2, -0.15) is 0 Å². The Bertz CT molecular complexity index is 1380. The third kappa shape index (κ3) is 3.60. The van der Waals surface area contributed by atoms with Crippen molar-refractivity contribution in [2.45, 2.75) is 6.54 Å². The lowest BCUT2D eigenvalue weighted by atomic mass is 10.1. The number of carbonyl (C=O) groups excluding carboxylic acids is 2. The Hall–Kier alpha value is -3.49. The van der Waals surface area contributed by atoms with Crippen LogP contribution in [0.25, 0.3) is 32.0 Å². The van der Waals surface area contributed by atoms with Crippen LogP contribution in [0.2, 0.25) is 5.02 Å². The fraction of sp³-hybridized carbons (Fsp3) is 0.0909. The average molecular weight is 451 g/mol. The van der Waals surface area contributed by atoms with Gasteiger partial charge < -0.3 is 10.3 Å². The number of aromatic amines is 1. The van der Waals surface area contributed by atoms with Crippen molar-refractivity contribution in [3.05, 3.63) is 75.5 Å². The summed E-state index contributed by atoms with van der Waals surface area (Å²) in [6.07, 6.45) is 0. The van der Waals surface area contributed by atoms with Crippen molar-refractivity contribution in [1.82, 2.24) is 20.2 Å². The monoisotopic (exact) mass is 450 g/mol. The molecule has 0 radical (unpaired) electrons. The molecule has 31 heavy (non-hydrogen) atoms. The summed E-state index contributed by atoms with van der Waals surface area (Å²) >= 11 is 7.65. The van der Waals surface area contributed by atoms with Gasteiger partial charge in [-0.15, -0.1) is 11.3 Å². The van der Waals surface area contributed by atoms with Gasteiger partial charge in [0.05, 0.1) is 18.6 Å². The molecule has 2 aromatic heterocycles. The first kappa shape index (κ1) is 19.5. The van der Waals surface area contributed by atoms with E-state index in [1.165, 1.54) is 16.2 Å². The van der Waals surface area contributed by atoms with E-state index >= 15 is 0 Å². The van der Waals surface area contributed by atoms with Gasteiger partial charge in [0.1, 0.15) is 10.5 Å². The number of imide groups is 1. The largest absolute Gasteiger partial charge is 0.329 e. The van der Waals surface area contributed by atoms with Gasteiger partial charge in [-0.3, -0.25) is 14.5 Å². The molecule has 1 fully saturated rings. The lowest BCUT2D eigenvalue weighted by molar-refractivity contribution is -0.125. The van der Waals surface area contributed by atoms with Crippen LogP contribution in [-0.4, -0.2) is 33.4 Å². The lowest BCUT2D eigenvalue weighted by Crippen LogP contribution is -2.30. The number of thiophene rings is 1.